The summed E-state index contributed by atoms with van der Waals surface area (Å²) < 4.78 is 17.5. The number of carbonyl (C=O) groups is 1. The van der Waals surface area contributed by atoms with Gasteiger partial charge in [0.05, 0.1) is 13.7 Å². The van der Waals surface area contributed by atoms with E-state index >= 15 is 0 Å². The Bertz CT molecular complexity index is 688. The molecule has 0 saturated heterocycles. The molecule has 0 spiro atoms. The predicted octanol–water partition coefficient (Wildman–Crippen LogP) is 3.78. The molecule has 0 fully saturated rings. The molecule has 0 aliphatic carbocycles. The second-order valence-corrected chi connectivity index (χ2v) is 6.60. The largest absolute Gasteiger partial charge is 0.493 e. The van der Waals surface area contributed by atoms with E-state index in [1.807, 2.05) is 42.5 Å². The van der Waals surface area contributed by atoms with Crippen molar-refractivity contribution in [3.05, 3.63) is 51.6 Å². The average Bonchev–Trinajstić information content (AvgIpc) is 2.64. The molecule has 5 nitrogen and oxygen atoms in total. The minimum absolute atomic E-state index is 0.0184. The molecule has 0 radical (unpaired) electrons. The van der Waals surface area contributed by atoms with Gasteiger partial charge in [-0.3, -0.25) is 4.79 Å². The normalized spacial score (nSPS) is 10.2. The summed E-state index contributed by atoms with van der Waals surface area (Å²) in [6, 6.07) is 13.2. The fourth-order valence-corrected chi connectivity index (χ4v) is 2.44. The number of benzene rings is 2. The van der Waals surface area contributed by atoms with E-state index in [1.165, 1.54) is 0 Å². The Morgan fingerprint density at radius 3 is 2.52 bits per heavy atom. The van der Waals surface area contributed by atoms with Gasteiger partial charge < -0.3 is 19.5 Å². The van der Waals surface area contributed by atoms with Crippen molar-refractivity contribution in [1.82, 2.24) is 5.32 Å². The Balaban J connectivity index is 1.83. The highest BCUT2D eigenvalue weighted by Crippen LogP contribution is 2.28. The molecule has 0 aromatic heterocycles. The minimum Gasteiger partial charge on any atom is -0.493 e. The molecule has 0 aliphatic rings. The summed E-state index contributed by atoms with van der Waals surface area (Å²) in [5.74, 6) is 1.87. The van der Waals surface area contributed by atoms with Gasteiger partial charge in [-0.05, 0) is 71.0 Å². The van der Waals surface area contributed by atoms with Crippen molar-refractivity contribution in [1.29, 1.82) is 0 Å². The molecule has 0 aliphatic heterocycles. The fourth-order valence-electron chi connectivity index (χ4n) is 2.08. The van der Waals surface area contributed by atoms with Crippen LogP contribution >= 0.6 is 22.6 Å². The van der Waals surface area contributed by atoms with Crippen LogP contribution < -0.4 is 19.5 Å². The van der Waals surface area contributed by atoms with E-state index in [1.54, 1.807) is 7.11 Å². The van der Waals surface area contributed by atoms with Crippen LogP contribution in [0.1, 0.15) is 18.9 Å². The first-order chi connectivity index (χ1) is 12.1. The maximum Gasteiger partial charge on any atom is 0.258 e. The Hall–Kier alpha value is -1.96. The van der Waals surface area contributed by atoms with Crippen LogP contribution in [0, 0.1) is 3.57 Å². The number of amides is 1. The molecule has 2 aromatic carbocycles. The topological polar surface area (TPSA) is 56.8 Å². The molecule has 1 amide bonds. The van der Waals surface area contributed by atoms with Gasteiger partial charge in [0.2, 0.25) is 0 Å². The molecule has 0 unspecified atom stereocenters. The van der Waals surface area contributed by atoms with Crippen LogP contribution in [0.5, 0.6) is 17.2 Å². The molecule has 6 heteroatoms. The average molecular weight is 455 g/mol. The maximum absolute atomic E-state index is 11.9. The smallest absolute Gasteiger partial charge is 0.258 e. The number of methoxy groups -OCH3 is 1. The van der Waals surface area contributed by atoms with Gasteiger partial charge in [0.1, 0.15) is 5.75 Å². The van der Waals surface area contributed by atoms with Crippen LogP contribution in [0.4, 0.5) is 0 Å². The first-order valence-corrected chi connectivity index (χ1v) is 9.15. The van der Waals surface area contributed by atoms with Crippen LogP contribution in [0.15, 0.2) is 42.5 Å². The third-order valence-electron chi connectivity index (χ3n) is 3.36. The number of hydrogen-bond acceptors (Lipinski definition) is 4. The summed E-state index contributed by atoms with van der Waals surface area (Å²) in [4.78, 5) is 11.9. The van der Waals surface area contributed by atoms with Crippen LogP contribution in [0.25, 0.3) is 0 Å². The van der Waals surface area contributed by atoms with E-state index in [2.05, 4.69) is 34.8 Å². The molecule has 0 atom stereocenters. The molecule has 0 bridgehead atoms. The van der Waals surface area contributed by atoms with Gasteiger partial charge in [-0.15, -0.1) is 0 Å². The van der Waals surface area contributed by atoms with Crippen molar-refractivity contribution in [3.8, 4) is 17.2 Å². The van der Waals surface area contributed by atoms with E-state index < -0.39 is 0 Å². The van der Waals surface area contributed by atoms with Crippen molar-refractivity contribution in [2.45, 2.75) is 19.9 Å². The first kappa shape index (κ1) is 19.4. The molecule has 1 N–H and O–H groups in total. The van der Waals surface area contributed by atoms with E-state index in [9.17, 15) is 4.79 Å². The molecule has 134 valence electrons. The Kier molecular flexibility index (Phi) is 7.84. The van der Waals surface area contributed by atoms with Crippen molar-refractivity contribution in [3.63, 3.8) is 0 Å². The number of hydrogen-bond donors (Lipinski definition) is 1. The molecule has 2 aromatic rings. The zero-order valence-electron chi connectivity index (χ0n) is 14.4. The fraction of sp³-hybridized carbons (Fsp3) is 0.316. The van der Waals surface area contributed by atoms with Crippen molar-refractivity contribution in [2.75, 3.05) is 20.3 Å². The monoisotopic (exact) mass is 455 g/mol. The van der Waals surface area contributed by atoms with Crippen molar-refractivity contribution in [2.24, 2.45) is 0 Å². The summed E-state index contributed by atoms with van der Waals surface area (Å²) in [7, 11) is 1.60. The first-order valence-electron chi connectivity index (χ1n) is 8.07. The molecule has 0 saturated carbocycles. The van der Waals surface area contributed by atoms with Gasteiger partial charge in [-0.25, -0.2) is 0 Å². The third kappa shape index (κ3) is 6.45. The van der Waals surface area contributed by atoms with Gasteiger partial charge in [-0.1, -0.05) is 13.0 Å². The number of nitrogens with one attached hydrogen (secondary N) is 1. The van der Waals surface area contributed by atoms with E-state index in [-0.39, 0.29) is 12.5 Å². The number of carbonyl (C=O) groups excluding carboxylic acids is 1. The van der Waals surface area contributed by atoms with Crippen LogP contribution in [0.3, 0.4) is 0 Å². The lowest BCUT2D eigenvalue weighted by Crippen LogP contribution is -2.28. The zero-order chi connectivity index (χ0) is 18.1. The highest BCUT2D eigenvalue weighted by molar-refractivity contribution is 14.1. The van der Waals surface area contributed by atoms with E-state index in [0.717, 1.165) is 15.6 Å². The SMILES string of the molecule is CCCOc1ccc(CNC(=O)COc2ccc(I)cc2)cc1OC. The second kappa shape index (κ2) is 10.1. The summed E-state index contributed by atoms with van der Waals surface area (Å²) >= 11 is 2.22. The Morgan fingerprint density at radius 2 is 1.84 bits per heavy atom. The quantitative estimate of drug-likeness (QED) is 0.585. The molecule has 0 heterocycles. The third-order valence-corrected chi connectivity index (χ3v) is 4.08. The summed E-state index contributed by atoms with van der Waals surface area (Å²) in [6.07, 6.45) is 0.932. The highest BCUT2D eigenvalue weighted by Gasteiger charge is 2.07. The summed E-state index contributed by atoms with van der Waals surface area (Å²) in [5.41, 5.74) is 0.934. The van der Waals surface area contributed by atoms with Gasteiger partial charge in [0.25, 0.3) is 5.91 Å². The standard InChI is InChI=1S/C19H22INO4/c1-3-10-24-17-9-4-14(11-18(17)23-2)12-21-19(22)13-25-16-7-5-15(20)6-8-16/h4-9,11H,3,10,12-13H2,1-2H3,(H,21,22). The van der Waals surface area contributed by atoms with E-state index in [0.29, 0.717) is 30.4 Å². The molecule has 25 heavy (non-hydrogen) atoms. The van der Waals surface area contributed by atoms with Gasteiger partial charge in [-0.2, -0.15) is 0 Å². The number of halogens is 1. The molecular weight excluding hydrogens is 433 g/mol. The Morgan fingerprint density at radius 1 is 1.08 bits per heavy atom. The highest BCUT2D eigenvalue weighted by atomic mass is 127. The van der Waals surface area contributed by atoms with Crippen LogP contribution in [-0.2, 0) is 11.3 Å². The van der Waals surface area contributed by atoms with Gasteiger partial charge in [0.15, 0.2) is 18.1 Å². The number of rotatable bonds is 9. The molecular formula is C19H22INO4. The Labute approximate surface area is 161 Å². The van der Waals surface area contributed by atoms with Gasteiger partial charge >= 0.3 is 0 Å². The lowest BCUT2D eigenvalue weighted by atomic mass is 10.2. The van der Waals surface area contributed by atoms with Crippen LogP contribution in [0.2, 0.25) is 0 Å². The van der Waals surface area contributed by atoms with Crippen LogP contribution in [-0.4, -0.2) is 26.2 Å². The zero-order valence-corrected chi connectivity index (χ0v) is 16.5. The predicted molar refractivity (Wildman–Crippen MR) is 105 cm³/mol. The lowest BCUT2D eigenvalue weighted by Gasteiger charge is -2.12. The lowest BCUT2D eigenvalue weighted by molar-refractivity contribution is -0.123. The van der Waals surface area contributed by atoms with Crippen molar-refractivity contribution >= 4 is 28.5 Å². The minimum atomic E-state index is -0.177. The molecule has 2 rings (SSSR count). The summed E-state index contributed by atoms with van der Waals surface area (Å²) in [6.45, 7) is 3.08. The maximum atomic E-state index is 11.9. The van der Waals surface area contributed by atoms with Gasteiger partial charge in [0, 0.05) is 10.1 Å². The van der Waals surface area contributed by atoms with E-state index in [4.69, 9.17) is 14.2 Å². The summed E-state index contributed by atoms with van der Waals surface area (Å²) in [5, 5.41) is 2.83. The second-order valence-electron chi connectivity index (χ2n) is 5.35. The number of ether oxygens (including phenoxy) is 3. The van der Waals surface area contributed by atoms with Crippen molar-refractivity contribution < 1.29 is 19.0 Å².